The first kappa shape index (κ1) is 18.2. The number of ether oxygens (including phenoxy) is 1. The minimum absolute atomic E-state index is 0.0619. The van der Waals surface area contributed by atoms with Gasteiger partial charge in [0.1, 0.15) is 5.69 Å². The van der Waals surface area contributed by atoms with Crippen LogP contribution in [0.1, 0.15) is 60.2 Å². The lowest BCUT2D eigenvalue weighted by Crippen LogP contribution is -2.49. The molecule has 150 valence electrons. The van der Waals surface area contributed by atoms with Gasteiger partial charge in [0, 0.05) is 43.7 Å². The van der Waals surface area contributed by atoms with Crippen molar-refractivity contribution in [2.45, 2.75) is 51.9 Å². The van der Waals surface area contributed by atoms with Crippen molar-refractivity contribution in [1.82, 2.24) is 24.6 Å². The number of benzene rings is 1. The zero-order chi connectivity index (χ0) is 20.1. The maximum absolute atomic E-state index is 13.3. The monoisotopic (exact) mass is 391 g/mol. The first-order valence-electron chi connectivity index (χ1n) is 10.3. The van der Waals surface area contributed by atoms with Crippen molar-refractivity contribution >= 4 is 16.9 Å². The number of carbonyl (C=O) groups is 1. The highest BCUT2D eigenvalue weighted by Crippen LogP contribution is 2.34. The SMILES string of the molecule is CCn1nc2c(c1C(=O)N1CC(c3cnc4ccccc4n3)C1)C[C@H](C)O[C@@H]2C. The summed E-state index contributed by atoms with van der Waals surface area (Å²) in [5.74, 6) is 0.290. The number of rotatable bonds is 3. The van der Waals surface area contributed by atoms with Gasteiger partial charge in [0.25, 0.3) is 5.91 Å². The van der Waals surface area contributed by atoms with Crippen LogP contribution in [0.15, 0.2) is 30.5 Å². The first-order valence-corrected chi connectivity index (χ1v) is 10.3. The van der Waals surface area contributed by atoms with E-state index in [1.807, 2.05) is 53.9 Å². The fraction of sp³-hybridized carbons (Fsp3) is 0.455. The summed E-state index contributed by atoms with van der Waals surface area (Å²) < 4.78 is 7.74. The Morgan fingerprint density at radius 3 is 2.72 bits per heavy atom. The molecule has 0 aliphatic carbocycles. The second kappa shape index (κ2) is 6.91. The maximum atomic E-state index is 13.3. The normalized spacial score (nSPS) is 21.8. The standard InChI is InChI=1S/C22H25N5O2/c1-4-27-21(16-9-13(2)29-14(3)20(16)25-27)22(28)26-11-15(12-26)19-10-23-17-7-5-6-8-18(17)24-19/h5-8,10,13-15H,4,9,11-12H2,1-3H3/t13-,14+/m0/s1. The minimum atomic E-state index is -0.0786. The molecule has 2 aromatic heterocycles. The van der Waals surface area contributed by atoms with Crippen LogP contribution in [0.5, 0.6) is 0 Å². The Kier molecular flexibility index (Phi) is 4.35. The third kappa shape index (κ3) is 3.00. The predicted molar refractivity (Wildman–Crippen MR) is 109 cm³/mol. The molecule has 0 unspecified atom stereocenters. The predicted octanol–water partition coefficient (Wildman–Crippen LogP) is 3.11. The second-order valence-corrected chi connectivity index (χ2v) is 8.01. The maximum Gasteiger partial charge on any atom is 0.272 e. The van der Waals surface area contributed by atoms with E-state index in [4.69, 9.17) is 9.72 Å². The molecule has 0 radical (unpaired) electrons. The van der Waals surface area contributed by atoms with Gasteiger partial charge in [0.15, 0.2) is 0 Å². The van der Waals surface area contributed by atoms with Crippen molar-refractivity contribution in [2.24, 2.45) is 0 Å². The lowest BCUT2D eigenvalue weighted by atomic mass is 9.94. The number of aromatic nitrogens is 4. The average Bonchev–Trinajstić information content (AvgIpc) is 3.05. The Morgan fingerprint density at radius 2 is 1.97 bits per heavy atom. The number of hydrogen-bond acceptors (Lipinski definition) is 5. The van der Waals surface area contributed by atoms with Crippen LogP contribution in [0.3, 0.4) is 0 Å². The van der Waals surface area contributed by atoms with Crippen molar-refractivity contribution in [3.63, 3.8) is 0 Å². The molecule has 2 atom stereocenters. The number of nitrogens with zero attached hydrogens (tertiary/aromatic N) is 5. The van der Waals surface area contributed by atoms with Gasteiger partial charge >= 0.3 is 0 Å². The summed E-state index contributed by atoms with van der Waals surface area (Å²) >= 11 is 0. The quantitative estimate of drug-likeness (QED) is 0.686. The Morgan fingerprint density at radius 1 is 1.21 bits per heavy atom. The molecule has 0 spiro atoms. The van der Waals surface area contributed by atoms with Gasteiger partial charge < -0.3 is 9.64 Å². The van der Waals surface area contributed by atoms with Gasteiger partial charge in [-0.05, 0) is 32.9 Å². The van der Waals surface area contributed by atoms with Crippen LogP contribution in [0.2, 0.25) is 0 Å². The molecule has 0 saturated carbocycles. The molecule has 1 fully saturated rings. The van der Waals surface area contributed by atoms with Crippen LogP contribution in [-0.2, 0) is 17.7 Å². The van der Waals surface area contributed by atoms with Crippen molar-refractivity contribution in [3.05, 3.63) is 53.1 Å². The molecule has 1 amide bonds. The van der Waals surface area contributed by atoms with Crippen LogP contribution >= 0.6 is 0 Å². The molecule has 2 aliphatic rings. The molecule has 29 heavy (non-hydrogen) atoms. The van der Waals surface area contributed by atoms with Gasteiger partial charge in [-0.2, -0.15) is 5.10 Å². The Bertz CT molecular complexity index is 1090. The van der Waals surface area contributed by atoms with Crippen molar-refractivity contribution in [2.75, 3.05) is 13.1 Å². The van der Waals surface area contributed by atoms with Crippen molar-refractivity contribution in [1.29, 1.82) is 0 Å². The first-order chi connectivity index (χ1) is 14.0. The number of para-hydroxylation sites is 2. The zero-order valence-electron chi connectivity index (χ0n) is 17.0. The topological polar surface area (TPSA) is 73.1 Å². The number of aryl methyl sites for hydroxylation is 1. The van der Waals surface area contributed by atoms with Gasteiger partial charge in [-0.25, -0.2) is 4.98 Å². The molecule has 1 saturated heterocycles. The van der Waals surface area contributed by atoms with Gasteiger partial charge in [-0.1, -0.05) is 12.1 Å². The summed E-state index contributed by atoms with van der Waals surface area (Å²) in [6.07, 6.45) is 2.59. The van der Waals surface area contributed by atoms with E-state index in [2.05, 4.69) is 17.0 Å². The molecule has 7 heteroatoms. The summed E-state index contributed by atoms with van der Waals surface area (Å²) in [5.41, 5.74) is 5.44. The van der Waals surface area contributed by atoms with Gasteiger partial charge in [-0.15, -0.1) is 0 Å². The zero-order valence-corrected chi connectivity index (χ0v) is 17.0. The number of carbonyl (C=O) groups excluding carboxylic acids is 1. The molecule has 7 nitrogen and oxygen atoms in total. The van der Waals surface area contributed by atoms with Crippen LogP contribution in [0, 0.1) is 0 Å². The largest absolute Gasteiger partial charge is 0.369 e. The van der Waals surface area contributed by atoms with E-state index in [1.54, 1.807) is 0 Å². The summed E-state index contributed by atoms with van der Waals surface area (Å²) in [4.78, 5) is 24.5. The molecule has 3 aromatic rings. The van der Waals surface area contributed by atoms with Crippen LogP contribution in [-0.4, -0.2) is 49.7 Å². The van der Waals surface area contributed by atoms with E-state index in [9.17, 15) is 4.79 Å². The summed E-state index contributed by atoms with van der Waals surface area (Å²) in [7, 11) is 0. The van der Waals surface area contributed by atoms with E-state index in [1.165, 1.54) is 0 Å². The number of hydrogen-bond donors (Lipinski definition) is 0. The van der Waals surface area contributed by atoms with E-state index in [0.29, 0.717) is 19.6 Å². The van der Waals surface area contributed by atoms with Crippen LogP contribution in [0.4, 0.5) is 0 Å². The van der Waals surface area contributed by atoms with E-state index in [-0.39, 0.29) is 24.0 Å². The molecule has 1 aromatic carbocycles. The number of fused-ring (bicyclic) bond motifs is 2. The Hall–Kier alpha value is -2.80. The minimum Gasteiger partial charge on any atom is -0.369 e. The molecule has 5 rings (SSSR count). The molecular weight excluding hydrogens is 366 g/mol. The molecule has 2 aliphatic heterocycles. The fourth-order valence-electron chi connectivity index (χ4n) is 4.41. The molecule has 4 heterocycles. The smallest absolute Gasteiger partial charge is 0.272 e. The lowest BCUT2D eigenvalue weighted by Gasteiger charge is -2.39. The van der Waals surface area contributed by atoms with Crippen LogP contribution < -0.4 is 0 Å². The Labute approximate surface area is 169 Å². The van der Waals surface area contributed by atoms with Gasteiger partial charge in [0.05, 0.1) is 34.6 Å². The summed E-state index contributed by atoms with van der Waals surface area (Å²) in [6.45, 7) is 8.08. The van der Waals surface area contributed by atoms with E-state index in [0.717, 1.165) is 40.1 Å². The molecular formula is C22H25N5O2. The third-order valence-corrected chi connectivity index (χ3v) is 5.95. The second-order valence-electron chi connectivity index (χ2n) is 8.01. The third-order valence-electron chi connectivity index (χ3n) is 5.95. The highest BCUT2D eigenvalue weighted by Gasteiger charge is 2.38. The van der Waals surface area contributed by atoms with E-state index >= 15 is 0 Å². The average molecular weight is 391 g/mol. The van der Waals surface area contributed by atoms with Crippen LogP contribution in [0.25, 0.3) is 11.0 Å². The molecule has 0 N–H and O–H groups in total. The molecule has 0 bridgehead atoms. The van der Waals surface area contributed by atoms with Crippen molar-refractivity contribution in [3.8, 4) is 0 Å². The highest BCUT2D eigenvalue weighted by molar-refractivity contribution is 5.95. The lowest BCUT2D eigenvalue weighted by molar-refractivity contribution is -0.00719. The van der Waals surface area contributed by atoms with Gasteiger partial charge in [0.2, 0.25) is 0 Å². The van der Waals surface area contributed by atoms with E-state index < -0.39 is 0 Å². The fourth-order valence-corrected chi connectivity index (χ4v) is 4.41. The van der Waals surface area contributed by atoms with Crippen molar-refractivity contribution < 1.29 is 9.53 Å². The number of amides is 1. The summed E-state index contributed by atoms with van der Waals surface area (Å²) in [5, 5.41) is 4.68. The van der Waals surface area contributed by atoms with Gasteiger partial charge in [-0.3, -0.25) is 14.5 Å². The number of likely N-dealkylation sites (tertiary alicyclic amines) is 1. The Balaban J connectivity index is 1.37. The summed E-state index contributed by atoms with van der Waals surface area (Å²) in [6, 6.07) is 7.87. The highest BCUT2D eigenvalue weighted by atomic mass is 16.5.